The Morgan fingerprint density at radius 1 is 0.826 bits per heavy atom. The van der Waals surface area contributed by atoms with Crippen molar-refractivity contribution in [3.8, 4) is 11.5 Å². The minimum Gasteiger partial charge on any atom is -0.490 e. The van der Waals surface area contributed by atoms with E-state index in [4.69, 9.17) is 9.47 Å². The Balaban J connectivity index is 2.53. The summed E-state index contributed by atoms with van der Waals surface area (Å²) < 4.78 is 11.8. The van der Waals surface area contributed by atoms with E-state index in [9.17, 15) is 4.79 Å². The molecule has 0 aliphatic rings. The molecule has 0 unspecified atom stereocenters. The van der Waals surface area contributed by atoms with Gasteiger partial charge in [-0.3, -0.25) is 0 Å². The van der Waals surface area contributed by atoms with Crippen molar-refractivity contribution in [2.24, 2.45) is 0 Å². The van der Waals surface area contributed by atoms with Crippen LogP contribution in [0.4, 0.5) is 0 Å². The standard InChI is InChI=1S/C20H32O3/c1-3-5-7-9-15-22-19-12-11-18(13-14-21)17-20(19)23-16-10-8-6-4-2/h11-12,14,17H,3-10,13,15-16H2,1-2H3. The molecule has 130 valence electrons. The average molecular weight is 320 g/mol. The summed E-state index contributed by atoms with van der Waals surface area (Å²) in [5, 5.41) is 0. The second kappa shape index (κ2) is 13.0. The molecule has 1 rings (SSSR count). The fourth-order valence-electron chi connectivity index (χ4n) is 2.43. The lowest BCUT2D eigenvalue weighted by molar-refractivity contribution is -0.107. The second-order valence-electron chi connectivity index (χ2n) is 5.97. The maximum atomic E-state index is 10.7. The quantitative estimate of drug-likeness (QED) is 0.342. The Bertz CT molecular complexity index is 429. The summed E-state index contributed by atoms with van der Waals surface area (Å²) in [4.78, 5) is 10.7. The number of benzene rings is 1. The summed E-state index contributed by atoms with van der Waals surface area (Å²) in [5.41, 5.74) is 0.974. The van der Waals surface area contributed by atoms with E-state index in [0.29, 0.717) is 13.0 Å². The molecule has 3 nitrogen and oxygen atoms in total. The third kappa shape index (κ3) is 8.63. The van der Waals surface area contributed by atoms with E-state index in [2.05, 4.69) is 13.8 Å². The number of carbonyl (C=O) groups is 1. The molecule has 0 N–H and O–H groups in total. The minimum absolute atomic E-state index is 0.420. The summed E-state index contributed by atoms with van der Waals surface area (Å²) >= 11 is 0. The topological polar surface area (TPSA) is 35.5 Å². The van der Waals surface area contributed by atoms with E-state index in [-0.39, 0.29) is 0 Å². The molecule has 0 heterocycles. The largest absolute Gasteiger partial charge is 0.490 e. The smallest absolute Gasteiger partial charge is 0.161 e. The van der Waals surface area contributed by atoms with Crippen molar-refractivity contribution in [2.45, 2.75) is 71.6 Å². The number of carbonyl (C=O) groups excluding carboxylic acids is 1. The highest BCUT2D eigenvalue weighted by molar-refractivity contribution is 5.56. The van der Waals surface area contributed by atoms with Gasteiger partial charge in [-0.2, -0.15) is 0 Å². The zero-order valence-electron chi connectivity index (χ0n) is 14.8. The van der Waals surface area contributed by atoms with Gasteiger partial charge < -0.3 is 14.3 Å². The molecule has 23 heavy (non-hydrogen) atoms. The van der Waals surface area contributed by atoms with Crippen LogP contribution in [0.2, 0.25) is 0 Å². The van der Waals surface area contributed by atoms with Crippen LogP contribution in [-0.4, -0.2) is 19.5 Å². The summed E-state index contributed by atoms with van der Waals surface area (Å²) in [6, 6.07) is 5.81. The Labute approximate surface area is 141 Å². The first-order chi connectivity index (χ1) is 11.3. The van der Waals surface area contributed by atoms with Crippen molar-refractivity contribution in [2.75, 3.05) is 13.2 Å². The lowest BCUT2D eigenvalue weighted by Crippen LogP contribution is -2.03. The van der Waals surface area contributed by atoms with Gasteiger partial charge in [-0.05, 0) is 30.5 Å². The Hall–Kier alpha value is -1.51. The predicted molar refractivity (Wildman–Crippen MR) is 95.5 cm³/mol. The van der Waals surface area contributed by atoms with Crippen LogP contribution in [0.3, 0.4) is 0 Å². The van der Waals surface area contributed by atoms with Crippen LogP contribution in [0.1, 0.15) is 70.8 Å². The van der Waals surface area contributed by atoms with Gasteiger partial charge in [-0.25, -0.2) is 0 Å². The molecule has 3 heteroatoms. The summed E-state index contributed by atoms with van der Waals surface area (Å²) in [7, 11) is 0. The van der Waals surface area contributed by atoms with Crippen molar-refractivity contribution in [1.29, 1.82) is 0 Å². The lowest BCUT2D eigenvalue weighted by Gasteiger charge is -2.14. The van der Waals surface area contributed by atoms with Crippen LogP contribution in [0.5, 0.6) is 11.5 Å². The molecule has 0 amide bonds. The second-order valence-corrected chi connectivity index (χ2v) is 5.97. The summed E-state index contributed by atoms with van der Waals surface area (Å²) in [6.45, 7) is 5.83. The first kappa shape index (κ1) is 19.5. The first-order valence-corrected chi connectivity index (χ1v) is 9.14. The maximum absolute atomic E-state index is 10.7. The molecule has 0 saturated heterocycles. The van der Waals surface area contributed by atoms with Gasteiger partial charge in [-0.1, -0.05) is 58.4 Å². The molecule has 0 aromatic heterocycles. The number of hydrogen-bond donors (Lipinski definition) is 0. The normalized spacial score (nSPS) is 10.5. The van der Waals surface area contributed by atoms with Crippen LogP contribution in [0, 0.1) is 0 Å². The van der Waals surface area contributed by atoms with Crippen molar-refractivity contribution in [1.82, 2.24) is 0 Å². The van der Waals surface area contributed by atoms with Gasteiger partial charge in [0.05, 0.1) is 13.2 Å². The Kier molecular flexibility index (Phi) is 11.0. The monoisotopic (exact) mass is 320 g/mol. The number of unbranched alkanes of at least 4 members (excludes halogenated alkanes) is 6. The minimum atomic E-state index is 0.420. The molecule has 1 aromatic carbocycles. The molecule has 0 aliphatic carbocycles. The SMILES string of the molecule is CCCCCCOc1ccc(CC=O)cc1OCCCCCC. The molecule has 0 radical (unpaired) electrons. The van der Waals surface area contributed by atoms with E-state index < -0.39 is 0 Å². The van der Waals surface area contributed by atoms with Gasteiger partial charge in [0.1, 0.15) is 6.29 Å². The van der Waals surface area contributed by atoms with E-state index in [0.717, 1.165) is 42.8 Å². The van der Waals surface area contributed by atoms with Crippen LogP contribution in [0.25, 0.3) is 0 Å². The molecule has 0 spiro atoms. The Morgan fingerprint density at radius 3 is 2.00 bits per heavy atom. The van der Waals surface area contributed by atoms with Gasteiger partial charge in [0.25, 0.3) is 0 Å². The third-order valence-corrected chi connectivity index (χ3v) is 3.84. The molecule has 0 saturated carbocycles. The fourth-order valence-corrected chi connectivity index (χ4v) is 2.43. The third-order valence-electron chi connectivity index (χ3n) is 3.84. The van der Waals surface area contributed by atoms with Gasteiger partial charge in [0, 0.05) is 6.42 Å². The van der Waals surface area contributed by atoms with Crippen molar-refractivity contribution < 1.29 is 14.3 Å². The Morgan fingerprint density at radius 2 is 1.43 bits per heavy atom. The summed E-state index contributed by atoms with van der Waals surface area (Å²) in [6.07, 6.45) is 10.8. The van der Waals surface area contributed by atoms with Gasteiger partial charge in [-0.15, -0.1) is 0 Å². The summed E-state index contributed by atoms with van der Waals surface area (Å²) in [5.74, 6) is 1.57. The zero-order chi connectivity index (χ0) is 16.8. The zero-order valence-corrected chi connectivity index (χ0v) is 14.8. The number of ether oxygens (including phenoxy) is 2. The van der Waals surface area contributed by atoms with Gasteiger partial charge in [0.2, 0.25) is 0 Å². The number of rotatable bonds is 14. The van der Waals surface area contributed by atoms with E-state index in [1.807, 2.05) is 18.2 Å². The van der Waals surface area contributed by atoms with Crippen molar-refractivity contribution in [3.05, 3.63) is 23.8 Å². The highest BCUT2D eigenvalue weighted by Crippen LogP contribution is 2.29. The number of aldehydes is 1. The molecular formula is C20H32O3. The molecule has 0 fully saturated rings. The van der Waals surface area contributed by atoms with E-state index in [1.54, 1.807) is 0 Å². The van der Waals surface area contributed by atoms with Crippen LogP contribution in [-0.2, 0) is 11.2 Å². The van der Waals surface area contributed by atoms with E-state index >= 15 is 0 Å². The van der Waals surface area contributed by atoms with Crippen molar-refractivity contribution >= 4 is 6.29 Å². The van der Waals surface area contributed by atoms with Crippen LogP contribution < -0.4 is 9.47 Å². The van der Waals surface area contributed by atoms with Crippen LogP contribution in [0.15, 0.2) is 18.2 Å². The fraction of sp³-hybridized carbons (Fsp3) is 0.650. The van der Waals surface area contributed by atoms with E-state index in [1.165, 1.54) is 38.5 Å². The highest BCUT2D eigenvalue weighted by atomic mass is 16.5. The van der Waals surface area contributed by atoms with Gasteiger partial charge >= 0.3 is 0 Å². The molecule has 0 aliphatic heterocycles. The molecule has 1 aromatic rings. The molecule has 0 atom stereocenters. The lowest BCUT2D eigenvalue weighted by atomic mass is 10.1. The van der Waals surface area contributed by atoms with Crippen LogP contribution >= 0.6 is 0 Å². The molecular weight excluding hydrogens is 288 g/mol. The molecule has 0 bridgehead atoms. The first-order valence-electron chi connectivity index (χ1n) is 9.14. The number of hydrogen-bond acceptors (Lipinski definition) is 3. The average Bonchev–Trinajstić information content (AvgIpc) is 2.56. The maximum Gasteiger partial charge on any atom is 0.161 e. The van der Waals surface area contributed by atoms with Gasteiger partial charge in [0.15, 0.2) is 11.5 Å². The van der Waals surface area contributed by atoms with Crippen molar-refractivity contribution in [3.63, 3.8) is 0 Å². The highest BCUT2D eigenvalue weighted by Gasteiger charge is 2.07. The predicted octanol–water partition coefficient (Wildman–Crippen LogP) is 5.35.